The van der Waals surface area contributed by atoms with Crippen LogP contribution in [0.5, 0.6) is 0 Å². The van der Waals surface area contributed by atoms with Crippen LogP contribution in [0.4, 0.5) is 5.69 Å². The summed E-state index contributed by atoms with van der Waals surface area (Å²) < 4.78 is 0. The predicted molar refractivity (Wildman–Crippen MR) is 85.0 cm³/mol. The van der Waals surface area contributed by atoms with Crippen LogP contribution in [0.1, 0.15) is 18.4 Å². The van der Waals surface area contributed by atoms with Crippen LogP contribution in [0.25, 0.3) is 0 Å². The van der Waals surface area contributed by atoms with Crippen LogP contribution >= 0.6 is 23.2 Å². The van der Waals surface area contributed by atoms with Crippen LogP contribution in [-0.2, 0) is 9.59 Å². The molecule has 1 atom stereocenters. The molecule has 0 aliphatic carbocycles. The average molecular weight is 329 g/mol. The number of nitrogens with zero attached hydrogens (tertiary/aromatic N) is 1. The zero-order chi connectivity index (χ0) is 15.4. The molecule has 0 radical (unpaired) electrons. The topological polar surface area (TPSA) is 49.4 Å². The van der Waals surface area contributed by atoms with Crippen LogP contribution in [0.2, 0.25) is 5.02 Å². The normalized spacial score (nSPS) is 18.1. The maximum absolute atomic E-state index is 12.1. The first-order valence-corrected chi connectivity index (χ1v) is 7.84. The molecule has 1 fully saturated rings. The second-order valence-corrected chi connectivity index (χ2v) is 5.96. The number of hydrogen-bond donors (Lipinski definition) is 1. The van der Waals surface area contributed by atoms with E-state index in [-0.39, 0.29) is 24.2 Å². The Kier molecular flexibility index (Phi) is 5.48. The van der Waals surface area contributed by atoms with Gasteiger partial charge in [-0.3, -0.25) is 9.59 Å². The van der Waals surface area contributed by atoms with Gasteiger partial charge < -0.3 is 10.2 Å². The Balaban J connectivity index is 2.02. The summed E-state index contributed by atoms with van der Waals surface area (Å²) in [4.78, 5) is 25.7. The van der Waals surface area contributed by atoms with Gasteiger partial charge in [0.25, 0.3) is 0 Å². The van der Waals surface area contributed by atoms with E-state index in [1.807, 2.05) is 19.1 Å². The van der Waals surface area contributed by atoms with Crippen molar-refractivity contribution in [3.8, 4) is 0 Å². The number of carbonyl (C=O) groups is 2. The van der Waals surface area contributed by atoms with Crippen molar-refractivity contribution in [1.29, 1.82) is 0 Å². The highest BCUT2D eigenvalue weighted by atomic mass is 35.5. The van der Waals surface area contributed by atoms with E-state index in [4.69, 9.17) is 23.2 Å². The first-order chi connectivity index (χ1) is 10.0. The molecule has 1 aliphatic rings. The second kappa shape index (κ2) is 7.14. The molecule has 2 rings (SSSR count). The number of amides is 2. The van der Waals surface area contributed by atoms with E-state index in [2.05, 4.69) is 5.32 Å². The van der Waals surface area contributed by atoms with Gasteiger partial charge in [-0.2, -0.15) is 0 Å². The molecule has 114 valence electrons. The monoisotopic (exact) mass is 328 g/mol. The third-order valence-corrected chi connectivity index (χ3v) is 4.25. The molecular weight excluding hydrogens is 311 g/mol. The largest absolute Gasteiger partial charge is 0.356 e. The lowest BCUT2D eigenvalue weighted by atomic mass is 10.1. The van der Waals surface area contributed by atoms with Gasteiger partial charge in [-0.25, -0.2) is 0 Å². The van der Waals surface area contributed by atoms with Crippen LogP contribution in [-0.4, -0.2) is 30.8 Å². The zero-order valence-corrected chi connectivity index (χ0v) is 13.4. The molecule has 1 saturated heterocycles. The Morgan fingerprint density at radius 1 is 1.48 bits per heavy atom. The summed E-state index contributed by atoms with van der Waals surface area (Å²) in [6, 6.07) is 5.49. The maximum atomic E-state index is 12.1. The van der Waals surface area contributed by atoms with E-state index in [0.29, 0.717) is 24.0 Å². The summed E-state index contributed by atoms with van der Waals surface area (Å²) in [5, 5.41) is 3.43. The maximum Gasteiger partial charge on any atom is 0.227 e. The van der Waals surface area contributed by atoms with Crippen LogP contribution in [0, 0.1) is 12.8 Å². The second-order valence-electron chi connectivity index (χ2n) is 5.17. The molecule has 0 spiro atoms. The Bertz CT molecular complexity index is 548. The number of alkyl halides is 1. The Hall–Kier alpha value is -1.26. The van der Waals surface area contributed by atoms with Crippen molar-refractivity contribution < 1.29 is 9.59 Å². The van der Waals surface area contributed by atoms with Gasteiger partial charge in [0.1, 0.15) is 0 Å². The van der Waals surface area contributed by atoms with Gasteiger partial charge >= 0.3 is 0 Å². The van der Waals surface area contributed by atoms with Gasteiger partial charge in [0.2, 0.25) is 11.8 Å². The Morgan fingerprint density at radius 3 is 2.90 bits per heavy atom. The predicted octanol–water partition coefficient (Wildman–Crippen LogP) is 2.75. The highest BCUT2D eigenvalue weighted by Crippen LogP contribution is 2.28. The van der Waals surface area contributed by atoms with Gasteiger partial charge in [0, 0.05) is 36.1 Å². The van der Waals surface area contributed by atoms with Crippen molar-refractivity contribution >= 4 is 40.7 Å². The first-order valence-electron chi connectivity index (χ1n) is 6.93. The molecule has 0 saturated carbocycles. The van der Waals surface area contributed by atoms with Gasteiger partial charge in [-0.15, -0.1) is 11.6 Å². The molecule has 0 aromatic heterocycles. The van der Waals surface area contributed by atoms with Crippen molar-refractivity contribution in [3.63, 3.8) is 0 Å². The lowest BCUT2D eigenvalue weighted by molar-refractivity contribution is -0.126. The minimum Gasteiger partial charge on any atom is -0.356 e. The molecule has 1 aliphatic heterocycles. The van der Waals surface area contributed by atoms with E-state index >= 15 is 0 Å². The quantitative estimate of drug-likeness (QED) is 0.667. The van der Waals surface area contributed by atoms with E-state index in [0.717, 1.165) is 17.7 Å². The van der Waals surface area contributed by atoms with Gasteiger partial charge in [0.15, 0.2) is 0 Å². The summed E-state index contributed by atoms with van der Waals surface area (Å²) in [6.07, 6.45) is 0.962. The number of nitrogens with one attached hydrogen (secondary N) is 1. The standard InChI is InChI=1S/C15H18Cl2N2O2/c1-10-3-4-12(8-13(10)17)19-9-11(7-14(19)20)15(21)18-6-2-5-16/h3-4,8,11H,2,5-7,9H2,1H3,(H,18,21)/t11-/m1/s1. The summed E-state index contributed by atoms with van der Waals surface area (Å²) in [5.74, 6) is 0.0622. The average Bonchev–Trinajstić information content (AvgIpc) is 2.84. The molecule has 4 nitrogen and oxygen atoms in total. The van der Waals surface area contributed by atoms with Crippen molar-refractivity contribution in [2.45, 2.75) is 19.8 Å². The van der Waals surface area contributed by atoms with E-state index in [1.165, 1.54) is 0 Å². The van der Waals surface area contributed by atoms with E-state index in [1.54, 1.807) is 11.0 Å². The molecule has 0 bridgehead atoms. The molecule has 1 heterocycles. The van der Waals surface area contributed by atoms with E-state index < -0.39 is 0 Å². The van der Waals surface area contributed by atoms with Crippen LogP contribution in [0.15, 0.2) is 18.2 Å². The van der Waals surface area contributed by atoms with Gasteiger partial charge in [-0.1, -0.05) is 17.7 Å². The van der Waals surface area contributed by atoms with Crippen molar-refractivity contribution in [2.75, 3.05) is 23.9 Å². The molecule has 6 heteroatoms. The number of hydrogen-bond acceptors (Lipinski definition) is 2. The van der Waals surface area contributed by atoms with Crippen molar-refractivity contribution in [2.24, 2.45) is 5.92 Å². The van der Waals surface area contributed by atoms with Gasteiger partial charge in [-0.05, 0) is 31.0 Å². The van der Waals surface area contributed by atoms with Crippen molar-refractivity contribution in [3.05, 3.63) is 28.8 Å². The summed E-state index contributed by atoms with van der Waals surface area (Å²) >= 11 is 11.7. The number of halogens is 2. The fraction of sp³-hybridized carbons (Fsp3) is 0.467. The summed E-state index contributed by atoms with van der Waals surface area (Å²) in [5.41, 5.74) is 1.70. The number of aryl methyl sites for hydroxylation is 1. The number of anilines is 1. The fourth-order valence-electron chi connectivity index (χ4n) is 2.31. The van der Waals surface area contributed by atoms with Crippen molar-refractivity contribution in [1.82, 2.24) is 5.32 Å². The molecule has 1 aromatic rings. The number of rotatable bonds is 5. The van der Waals surface area contributed by atoms with Crippen LogP contribution in [0.3, 0.4) is 0 Å². The molecule has 1 N–H and O–H groups in total. The Labute approximate surface area is 134 Å². The smallest absolute Gasteiger partial charge is 0.227 e. The lowest BCUT2D eigenvalue weighted by Crippen LogP contribution is -2.33. The summed E-state index contributed by atoms with van der Waals surface area (Å²) in [6.45, 7) is 2.85. The minimum absolute atomic E-state index is 0.0487. The number of benzene rings is 1. The highest BCUT2D eigenvalue weighted by Gasteiger charge is 2.35. The highest BCUT2D eigenvalue weighted by molar-refractivity contribution is 6.31. The molecule has 1 aromatic carbocycles. The minimum atomic E-state index is -0.312. The lowest BCUT2D eigenvalue weighted by Gasteiger charge is -2.17. The van der Waals surface area contributed by atoms with Crippen LogP contribution < -0.4 is 10.2 Å². The van der Waals surface area contributed by atoms with Gasteiger partial charge in [0.05, 0.1) is 5.92 Å². The zero-order valence-electron chi connectivity index (χ0n) is 11.9. The third-order valence-electron chi connectivity index (χ3n) is 3.57. The third kappa shape index (κ3) is 3.89. The molecular formula is C15H18Cl2N2O2. The van der Waals surface area contributed by atoms with E-state index in [9.17, 15) is 9.59 Å². The molecule has 2 amide bonds. The number of carbonyl (C=O) groups excluding carboxylic acids is 2. The first kappa shape index (κ1) is 16.1. The molecule has 21 heavy (non-hydrogen) atoms. The fourth-order valence-corrected chi connectivity index (χ4v) is 2.61. The SMILES string of the molecule is Cc1ccc(N2C[C@H](C(=O)NCCCCl)CC2=O)cc1Cl. The molecule has 0 unspecified atom stereocenters. The Morgan fingerprint density at radius 2 is 2.24 bits per heavy atom. The summed E-state index contributed by atoms with van der Waals surface area (Å²) in [7, 11) is 0.